The van der Waals surface area contributed by atoms with E-state index in [1.807, 2.05) is 24.3 Å². The summed E-state index contributed by atoms with van der Waals surface area (Å²) in [5.74, 6) is 1.34. The number of hydrogen-bond donors (Lipinski definition) is 2. The third-order valence-corrected chi connectivity index (χ3v) is 4.37. The van der Waals surface area contributed by atoms with Crippen molar-refractivity contribution in [1.29, 1.82) is 0 Å². The fraction of sp³-hybridized carbons (Fsp3) is 0.222. The molecular weight excluding hydrogens is 334 g/mol. The highest BCUT2D eigenvalue weighted by Crippen LogP contribution is 2.24. The normalized spacial score (nSPS) is 13.3. The molecule has 2 aromatic heterocycles. The number of H-pyrrole nitrogens is 2. The van der Waals surface area contributed by atoms with Crippen molar-refractivity contribution >= 4 is 5.91 Å². The second kappa shape index (κ2) is 6.47. The van der Waals surface area contributed by atoms with Crippen molar-refractivity contribution in [1.82, 2.24) is 24.8 Å². The summed E-state index contributed by atoms with van der Waals surface area (Å²) in [6, 6.07) is 7.65. The number of aromatic nitrogens is 4. The van der Waals surface area contributed by atoms with Gasteiger partial charge in [-0.15, -0.1) is 0 Å². The van der Waals surface area contributed by atoms with Crippen LogP contribution in [0.1, 0.15) is 21.9 Å². The van der Waals surface area contributed by atoms with Crippen molar-refractivity contribution < 1.29 is 9.53 Å². The van der Waals surface area contributed by atoms with Crippen LogP contribution in [0, 0.1) is 0 Å². The van der Waals surface area contributed by atoms with Crippen LogP contribution >= 0.6 is 0 Å². The lowest BCUT2D eigenvalue weighted by Crippen LogP contribution is -2.36. The van der Waals surface area contributed by atoms with E-state index in [0.29, 0.717) is 19.5 Å². The third-order valence-electron chi connectivity index (χ3n) is 4.37. The van der Waals surface area contributed by atoms with Crippen molar-refractivity contribution in [3.8, 4) is 17.1 Å². The van der Waals surface area contributed by atoms with E-state index in [4.69, 9.17) is 4.74 Å². The zero-order valence-corrected chi connectivity index (χ0v) is 14.2. The Labute approximate surface area is 148 Å². The van der Waals surface area contributed by atoms with Gasteiger partial charge in [0.1, 0.15) is 17.3 Å². The highest BCUT2D eigenvalue weighted by Gasteiger charge is 2.25. The lowest BCUT2D eigenvalue weighted by atomic mass is 10.1. The molecule has 0 unspecified atom stereocenters. The number of imidazole rings is 1. The molecule has 2 N–H and O–H groups in total. The second-order valence-electron chi connectivity index (χ2n) is 6.01. The van der Waals surface area contributed by atoms with Crippen LogP contribution in [0.15, 0.2) is 41.5 Å². The van der Waals surface area contributed by atoms with Gasteiger partial charge in [-0.25, -0.2) is 9.97 Å². The van der Waals surface area contributed by atoms with E-state index in [9.17, 15) is 9.59 Å². The maximum Gasteiger partial charge on any atom is 0.274 e. The standard InChI is InChI=1S/C18H17N5O3/c1-26-12-4-2-11(3-5-12)17-21-13-6-7-23(10-15(13)22-17)18(25)14-8-20-16(24)9-19-14/h2-5,8-9H,6-7,10H2,1H3,(H,20,24)(H,21,22). The number of carbonyl (C=O) groups excluding carboxylic acids is 1. The fourth-order valence-corrected chi connectivity index (χ4v) is 2.97. The van der Waals surface area contributed by atoms with Crippen LogP contribution in [0.4, 0.5) is 0 Å². The number of methoxy groups -OCH3 is 1. The molecule has 1 aromatic carbocycles. The van der Waals surface area contributed by atoms with E-state index in [2.05, 4.69) is 19.9 Å². The minimum atomic E-state index is -0.333. The zero-order valence-electron chi connectivity index (χ0n) is 14.2. The van der Waals surface area contributed by atoms with Gasteiger partial charge in [-0.3, -0.25) is 9.59 Å². The van der Waals surface area contributed by atoms with Crippen LogP contribution in [-0.2, 0) is 13.0 Å². The Morgan fingerprint density at radius 3 is 2.77 bits per heavy atom. The molecule has 1 aliphatic rings. The molecule has 0 saturated heterocycles. The largest absolute Gasteiger partial charge is 0.497 e. The van der Waals surface area contributed by atoms with Crippen molar-refractivity contribution in [3.05, 3.63) is 64.1 Å². The molecule has 4 rings (SSSR count). The van der Waals surface area contributed by atoms with Gasteiger partial charge >= 0.3 is 0 Å². The lowest BCUT2D eigenvalue weighted by molar-refractivity contribution is 0.0725. The van der Waals surface area contributed by atoms with E-state index in [0.717, 1.165) is 34.7 Å². The Balaban J connectivity index is 1.55. The minimum absolute atomic E-state index is 0.215. The van der Waals surface area contributed by atoms with Gasteiger partial charge in [0.05, 0.1) is 31.2 Å². The van der Waals surface area contributed by atoms with Gasteiger partial charge in [-0.05, 0) is 24.3 Å². The summed E-state index contributed by atoms with van der Waals surface area (Å²) in [4.78, 5) is 39.7. The molecule has 26 heavy (non-hydrogen) atoms. The Bertz CT molecular complexity index is 986. The first-order chi connectivity index (χ1) is 12.6. The van der Waals surface area contributed by atoms with E-state index in [1.165, 1.54) is 6.20 Å². The average Bonchev–Trinajstić information content (AvgIpc) is 3.11. The molecule has 0 atom stereocenters. The molecule has 0 aliphatic carbocycles. The van der Waals surface area contributed by atoms with Crippen LogP contribution in [0.25, 0.3) is 11.4 Å². The lowest BCUT2D eigenvalue weighted by Gasteiger charge is -2.25. The van der Waals surface area contributed by atoms with E-state index >= 15 is 0 Å². The summed E-state index contributed by atoms with van der Waals surface area (Å²) in [6.45, 7) is 0.984. The van der Waals surface area contributed by atoms with Crippen LogP contribution < -0.4 is 10.3 Å². The highest BCUT2D eigenvalue weighted by atomic mass is 16.5. The van der Waals surface area contributed by atoms with Gasteiger partial charge < -0.3 is 19.6 Å². The first kappa shape index (κ1) is 16.1. The molecule has 8 nitrogen and oxygen atoms in total. The van der Waals surface area contributed by atoms with Gasteiger partial charge in [-0.1, -0.05) is 0 Å². The molecule has 3 aromatic rings. The van der Waals surface area contributed by atoms with Crippen LogP contribution in [0.5, 0.6) is 5.75 Å². The van der Waals surface area contributed by atoms with E-state index < -0.39 is 0 Å². The number of nitrogens with one attached hydrogen (secondary N) is 2. The zero-order chi connectivity index (χ0) is 18.1. The maximum atomic E-state index is 12.6. The average molecular weight is 351 g/mol. The fourth-order valence-electron chi connectivity index (χ4n) is 2.97. The topological polar surface area (TPSA) is 104 Å². The van der Waals surface area contributed by atoms with Gasteiger partial charge in [0.15, 0.2) is 0 Å². The number of nitrogens with zero attached hydrogens (tertiary/aromatic N) is 3. The van der Waals surface area contributed by atoms with Crippen LogP contribution in [0.3, 0.4) is 0 Å². The number of benzene rings is 1. The first-order valence-corrected chi connectivity index (χ1v) is 8.20. The molecule has 0 fully saturated rings. The van der Waals surface area contributed by atoms with Crippen LogP contribution in [-0.4, -0.2) is 44.4 Å². The Morgan fingerprint density at radius 2 is 2.08 bits per heavy atom. The number of rotatable bonds is 3. The van der Waals surface area contributed by atoms with Crippen molar-refractivity contribution in [2.45, 2.75) is 13.0 Å². The van der Waals surface area contributed by atoms with Gasteiger partial charge in [0, 0.05) is 24.7 Å². The molecule has 132 valence electrons. The Kier molecular flexibility index (Phi) is 4.00. The number of amides is 1. The van der Waals surface area contributed by atoms with Gasteiger partial charge in [0.25, 0.3) is 11.5 Å². The predicted octanol–water partition coefficient (Wildman–Crippen LogP) is 1.37. The summed E-state index contributed by atoms with van der Waals surface area (Å²) < 4.78 is 5.17. The summed E-state index contributed by atoms with van der Waals surface area (Å²) in [5, 5.41) is 0. The molecular formula is C18H17N5O3. The summed E-state index contributed by atoms with van der Waals surface area (Å²) in [6.07, 6.45) is 3.12. The number of carbonyl (C=O) groups is 1. The van der Waals surface area contributed by atoms with Crippen molar-refractivity contribution in [2.24, 2.45) is 0 Å². The molecule has 0 radical (unpaired) electrons. The summed E-state index contributed by atoms with van der Waals surface area (Å²) in [5.41, 5.74) is 2.73. The maximum absolute atomic E-state index is 12.6. The van der Waals surface area contributed by atoms with Gasteiger partial charge in [-0.2, -0.15) is 0 Å². The molecule has 3 heterocycles. The molecule has 8 heteroatoms. The van der Waals surface area contributed by atoms with E-state index in [1.54, 1.807) is 12.0 Å². The molecule has 1 aliphatic heterocycles. The minimum Gasteiger partial charge on any atom is -0.497 e. The predicted molar refractivity (Wildman–Crippen MR) is 93.9 cm³/mol. The highest BCUT2D eigenvalue weighted by molar-refractivity contribution is 5.92. The first-order valence-electron chi connectivity index (χ1n) is 8.20. The van der Waals surface area contributed by atoms with Crippen molar-refractivity contribution in [2.75, 3.05) is 13.7 Å². The quantitative estimate of drug-likeness (QED) is 0.742. The molecule has 0 spiro atoms. The number of aromatic amines is 2. The summed E-state index contributed by atoms with van der Waals surface area (Å²) in [7, 11) is 1.63. The van der Waals surface area contributed by atoms with Crippen LogP contribution in [0.2, 0.25) is 0 Å². The second-order valence-corrected chi connectivity index (χ2v) is 6.01. The monoisotopic (exact) mass is 351 g/mol. The summed E-state index contributed by atoms with van der Waals surface area (Å²) >= 11 is 0. The smallest absolute Gasteiger partial charge is 0.274 e. The molecule has 0 saturated carbocycles. The van der Waals surface area contributed by atoms with Gasteiger partial charge in [0.2, 0.25) is 0 Å². The number of fused-ring (bicyclic) bond motifs is 1. The number of hydrogen-bond acceptors (Lipinski definition) is 5. The molecule has 0 bridgehead atoms. The Morgan fingerprint density at radius 1 is 1.27 bits per heavy atom. The number of ether oxygens (including phenoxy) is 1. The van der Waals surface area contributed by atoms with E-state index in [-0.39, 0.29) is 17.2 Å². The molecule has 1 amide bonds. The van der Waals surface area contributed by atoms with Crippen molar-refractivity contribution in [3.63, 3.8) is 0 Å². The third kappa shape index (κ3) is 2.97. The SMILES string of the molecule is COc1ccc(-c2nc3c([nH]2)CN(C(=O)c2c[nH]c(=O)cn2)CC3)cc1. The Hall–Kier alpha value is -3.42.